The molecule has 1 N–H and O–H groups in total. The zero-order valence-corrected chi connectivity index (χ0v) is 17.5. The van der Waals surface area contributed by atoms with Gasteiger partial charge in [-0.3, -0.25) is 0 Å². The topological polar surface area (TPSA) is 59.0 Å². The maximum Gasteiger partial charge on any atom is 0.410 e. The van der Waals surface area contributed by atoms with Gasteiger partial charge in [0.15, 0.2) is 0 Å². The lowest BCUT2D eigenvalue weighted by Crippen LogP contribution is -2.37. The lowest BCUT2D eigenvalue weighted by atomic mass is 10.0. The van der Waals surface area contributed by atoms with Crippen LogP contribution in [0, 0.1) is 13.8 Å². The highest BCUT2D eigenvalue weighted by molar-refractivity contribution is 8.59. The van der Waals surface area contributed by atoms with Crippen molar-refractivity contribution in [3.63, 3.8) is 0 Å². The summed E-state index contributed by atoms with van der Waals surface area (Å²) in [6.45, 7) is 9.51. The van der Waals surface area contributed by atoms with Crippen molar-refractivity contribution >= 4 is 35.8 Å². The van der Waals surface area contributed by atoms with Crippen LogP contribution >= 0.6 is 17.9 Å². The normalized spacial score (nSPS) is 15.5. The first kappa shape index (κ1) is 21.5. The van der Waals surface area contributed by atoms with Crippen molar-refractivity contribution in [2.45, 2.75) is 46.3 Å². The number of rotatable bonds is 5. The third-order valence-electron chi connectivity index (χ3n) is 3.19. The molecule has 0 aliphatic carbocycles. The van der Waals surface area contributed by atoms with E-state index in [0.717, 1.165) is 16.7 Å². The van der Waals surface area contributed by atoms with Gasteiger partial charge < -0.3 is 19.1 Å². The minimum atomic E-state index is -3.20. The van der Waals surface area contributed by atoms with Crippen molar-refractivity contribution < 1.29 is 18.9 Å². The molecule has 8 heteroatoms. The molecule has 0 bridgehead atoms. The molecule has 0 saturated heterocycles. The third kappa shape index (κ3) is 7.53. The molecule has 0 saturated carbocycles. The average Bonchev–Trinajstić information content (AvgIpc) is 2.37. The molecule has 2 unspecified atom stereocenters. The Morgan fingerprint density at radius 3 is 2.50 bits per heavy atom. The van der Waals surface area contributed by atoms with Crippen LogP contribution < -0.4 is 0 Å². The highest BCUT2D eigenvalue weighted by atomic mass is 32.9. The van der Waals surface area contributed by atoms with Gasteiger partial charge in [0, 0.05) is 7.05 Å². The van der Waals surface area contributed by atoms with Crippen LogP contribution in [0.3, 0.4) is 0 Å². The second-order valence-electron chi connectivity index (χ2n) is 6.81. The van der Waals surface area contributed by atoms with E-state index < -0.39 is 23.5 Å². The van der Waals surface area contributed by atoms with Crippen molar-refractivity contribution in [1.82, 2.24) is 4.90 Å². The first-order valence-electron chi connectivity index (χ1n) is 7.54. The quantitative estimate of drug-likeness (QED) is 0.576. The first-order chi connectivity index (χ1) is 10.8. The number of benzene rings is 1. The number of aryl methyl sites for hydroxylation is 2. The fraction of sp³-hybridized carbons (Fsp3) is 0.562. The van der Waals surface area contributed by atoms with Crippen LogP contribution in [0.15, 0.2) is 18.2 Å². The summed E-state index contributed by atoms with van der Waals surface area (Å²) in [7, 11) is 1.62. The minimum Gasteiger partial charge on any atom is -0.444 e. The molecule has 0 aromatic heterocycles. The number of hydrogen-bond donors (Lipinski definition) is 2. The molecule has 2 atom stereocenters. The molecule has 0 fully saturated rings. The van der Waals surface area contributed by atoms with Gasteiger partial charge in [0.1, 0.15) is 11.7 Å². The molecular weight excluding hydrogens is 365 g/mol. The second-order valence-corrected chi connectivity index (χ2v) is 11.9. The molecule has 5 nitrogen and oxygen atoms in total. The predicted molar refractivity (Wildman–Crippen MR) is 104 cm³/mol. The Labute approximate surface area is 154 Å². The van der Waals surface area contributed by atoms with E-state index in [1.54, 1.807) is 27.8 Å². The smallest absolute Gasteiger partial charge is 0.410 e. The van der Waals surface area contributed by atoms with E-state index in [1.165, 1.54) is 4.90 Å². The lowest BCUT2D eigenvalue weighted by Gasteiger charge is -2.29. The number of amides is 1. The molecule has 136 valence electrons. The molecule has 0 aliphatic rings. The number of nitrogens with zero attached hydrogens (tertiary/aromatic N) is 1. The van der Waals surface area contributed by atoms with Gasteiger partial charge in [-0.15, -0.1) is 0 Å². The second kappa shape index (κ2) is 8.19. The molecule has 1 aromatic carbocycles. The Morgan fingerprint density at radius 2 is 2.00 bits per heavy atom. The molecule has 1 amide bonds. The van der Waals surface area contributed by atoms with Crippen molar-refractivity contribution in [3.8, 4) is 0 Å². The van der Waals surface area contributed by atoms with E-state index >= 15 is 0 Å². The molecule has 0 radical (unpaired) electrons. The summed E-state index contributed by atoms with van der Waals surface area (Å²) in [4.78, 5) is 23.5. The predicted octanol–water partition coefficient (Wildman–Crippen LogP) is 4.37. The molecule has 1 aromatic rings. The van der Waals surface area contributed by atoms with Crippen molar-refractivity contribution in [2.75, 3.05) is 13.6 Å². The fourth-order valence-electron chi connectivity index (χ4n) is 2.12. The Kier molecular flexibility index (Phi) is 7.32. The standard InChI is InChI=1S/C16H26NO4PS2/c1-11-7-8-12(2)13(9-11)14(21-22(19,23)24)10-17(6)15(18)20-16(3,4)5/h7-9,14H,10H2,1-6H3,(H2,19,23,24). The van der Waals surface area contributed by atoms with Crippen LogP contribution in [0.4, 0.5) is 4.79 Å². The maximum atomic E-state index is 12.2. The fourth-order valence-corrected chi connectivity index (χ4v) is 3.29. The number of hydrogen-bond acceptors (Lipinski definition) is 4. The Hall–Kier alpha value is -0.590. The Bertz CT molecular complexity index is 639. The number of ether oxygens (including phenoxy) is 1. The Balaban J connectivity index is 3.05. The van der Waals surface area contributed by atoms with Gasteiger partial charge in [0.05, 0.1) is 6.54 Å². The van der Waals surface area contributed by atoms with Crippen LogP contribution in [-0.2, 0) is 21.1 Å². The van der Waals surface area contributed by atoms with Gasteiger partial charge in [0.25, 0.3) is 0 Å². The highest BCUT2D eigenvalue weighted by Gasteiger charge is 2.26. The minimum absolute atomic E-state index is 0.193. The van der Waals surface area contributed by atoms with Gasteiger partial charge >= 0.3 is 6.09 Å². The van der Waals surface area contributed by atoms with E-state index in [9.17, 15) is 9.69 Å². The molecule has 0 aliphatic heterocycles. The summed E-state index contributed by atoms with van der Waals surface area (Å²) < 4.78 is 11.0. The van der Waals surface area contributed by atoms with Crippen molar-refractivity contribution in [2.24, 2.45) is 0 Å². The van der Waals surface area contributed by atoms with Crippen LogP contribution in [0.2, 0.25) is 0 Å². The van der Waals surface area contributed by atoms with Gasteiger partial charge in [-0.1, -0.05) is 36.0 Å². The van der Waals surface area contributed by atoms with Gasteiger partial charge in [-0.2, -0.15) is 0 Å². The number of carbonyl (C=O) groups excluding carboxylic acids is 1. The molecule has 1 rings (SSSR count). The maximum absolute atomic E-state index is 12.2. The van der Waals surface area contributed by atoms with E-state index in [2.05, 4.69) is 12.2 Å². The van der Waals surface area contributed by atoms with Crippen LogP contribution in [0.5, 0.6) is 0 Å². The summed E-state index contributed by atoms with van der Waals surface area (Å²) in [5.74, 6) is 0. The lowest BCUT2D eigenvalue weighted by molar-refractivity contribution is 0.0228. The SMILES string of the molecule is Cc1ccc(C)c(C(CN(C)C(=O)OC(C)(C)C)OP(O)(=S)S)c1. The summed E-state index contributed by atoms with van der Waals surface area (Å²) in [5, 5.41) is 0. The van der Waals surface area contributed by atoms with Crippen molar-refractivity contribution in [1.29, 1.82) is 0 Å². The average molecular weight is 391 g/mol. The molecule has 24 heavy (non-hydrogen) atoms. The van der Waals surface area contributed by atoms with Gasteiger partial charge in [0.2, 0.25) is 5.69 Å². The van der Waals surface area contributed by atoms with E-state index in [4.69, 9.17) is 21.1 Å². The summed E-state index contributed by atoms with van der Waals surface area (Å²) >= 11 is 8.89. The van der Waals surface area contributed by atoms with E-state index in [0.29, 0.717) is 0 Å². The van der Waals surface area contributed by atoms with Gasteiger partial charge in [-0.25, -0.2) is 4.79 Å². The Morgan fingerprint density at radius 1 is 1.42 bits per heavy atom. The first-order valence-corrected chi connectivity index (χ1v) is 11.4. The molecular formula is C16H26NO4PS2. The van der Waals surface area contributed by atoms with Crippen molar-refractivity contribution in [3.05, 3.63) is 34.9 Å². The molecule has 0 spiro atoms. The summed E-state index contributed by atoms with van der Waals surface area (Å²) in [6, 6.07) is 5.92. The van der Waals surface area contributed by atoms with Crippen LogP contribution in [-0.4, -0.2) is 35.1 Å². The highest BCUT2D eigenvalue weighted by Crippen LogP contribution is 2.51. The largest absolute Gasteiger partial charge is 0.444 e. The summed E-state index contributed by atoms with van der Waals surface area (Å²) in [6.07, 6.45) is -1.05. The molecule has 0 heterocycles. The number of thiol groups is 1. The zero-order valence-electron chi connectivity index (χ0n) is 14.9. The van der Waals surface area contributed by atoms with Crippen LogP contribution in [0.1, 0.15) is 43.6 Å². The summed E-state index contributed by atoms with van der Waals surface area (Å²) in [5.41, 5.74) is -0.888. The zero-order chi connectivity index (χ0) is 18.7. The number of carbonyl (C=O) groups is 1. The van der Waals surface area contributed by atoms with Crippen LogP contribution in [0.25, 0.3) is 0 Å². The van der Waals surface area contributed by atoms with Gasteiger partial charge in [-0.05, 0) is 57.6 Å². The van der Waals surface area contributed by atoms with E-state index in [-0.39, 0.29) is 6.54 Å². The van der Waals surface area contributed by atoms with E-state index in [1.807, 2.05) is 32.0 Å². The third-order valence-corrected chi connectivity index (χ3v) is 4.26. The monoisotopic (exact) mass is 391 g/mol. The number of likely N-dealkylation sites (N-methyl/N-ethyl adjacent to an activating group) is 1.